The van der Waals surface area contributed by atoms with Crippen molar-refractivity contribution < 1.29 is 19.0 Å². The van der Waals surface area contributed by atoms with Crippen molar-refractivity contribution in [1.29, 1.82) is 0 Å². The van der Waals surface area contributed by atoms with Crippen molar-refractivity contribution in [2.75, 3.05) is 25.2 Å². The van der Waals surface area contributed by atoms with Crippen LogP contribution in [0.1, 0.15) is 19.4 Å². The van der Waals surface area contributed by atoms with E-state index in [-0.39, 0.29) is 18.0 Å². The molecule has 1 saturated heterocycles. The van der Waals surface area contributed by atoms with E-state index in [2.05, 4.69) is 0 Å². The van der Waals surface area contributed by atoms with E-state index < -0.39 is 5.79 Å². The highest BCUT2D eigenvalue weighted by molar-refractivity contribution is 7.99. The van der Waals surface area contributed by atoms with Gasteiger partial charge in [-0.05, 0) is 6.92 Å². The number of rotatable bonds is 6. The largest absolute Gasteiger partial charge is 0.469 e. The van der Waals surface area contributed by atoms with Gasteiger partial charge >= 0.3 is 5.97 Å². The van der Waals surface area contributed by atoms with Crippen molar-refractivity contribution in [3.05, 3.63) is 35.9 Å². The van der Waals surface area contributed by atoms with Crippen LogP contribution in [0.4, 0.5) is 0 Å². The molecular formula is C16H22O4S. The second-order valence-electron chi connectivity index (χ2n) is 5.32. The average molecular weight is 310 g/mol. The van der Waals surface area contributed by atoms with E-state index in [1.54, 1.807) is 11.8 Å². The molecule has 4 nitrogen and oxygen atoms in total. The Morgan fingerprint density at radius 1 is 1.48 bits per heavy atom. The van der Waals surface area contributed by atoms with Crippen LogP contribution in [-0.2, 0) is 24.8 Å². The standard InChI is InChI=1S/C16H22O4S/c1-12(15(17)18-3)10-21-11-14-9-19-16(2,20-14)13-7-5-4-6-8-13/h4-8,12,14H,9-11H2,1-3H3. The van der Waals surface area contributed by atoms with Crippen LogP contribution in [0.2, 0.25) is 0 Å². The van der Waals surface area contributed by atoms with E-state index in [0.29, 0.717) is 6.61 Å². The quantitative estimate of drug-likeness (QED) is 0.756. The molecule has 1 aliphatic heterocycles. The number of hydrogen-bond acceptors (Lipinski definition) is 5. The van der Waals surface area contributed by atoms with Gasteiger partial charge in [-0.25, -0.2) is 0 Å². The van der Waals surface area contributed by atoms with E-state index in [1.807, 2.05) is 44.2 Å². The Morgan fingerprint density at radius 2 is 2.19 bits per heavy atom. The zero-order chi connectivity index (χ0) is 15.3. The van der Waals surface area contributed by atoms with Crippen molar-refractivity contribution in [3.8, 4) is 0 Å². The molecule has 0 saturated carbocycles. The number of thioether (sulfide) groups is 1. The van der Waals surface area contributed by atoms with Crippen LogP contribution in [0.3, 0.4) is 0 Å². The van der Waals surface area contributed by atoms with Crippen LogP contribution in [0.15, 0.2) is 30.3 Å². The predicted molar refractivity (Wildman–Crippen MR) is 83.1 cm³/mol. The summed E-state index contributed by atoms with van der Waals surface area (Å²) in [5.41, 5.74) is 1.03. The first-order valence-electron chi connectivity index (χ1n) is 7.08. The summed E-state index contributed by atoms with van der Waals surface area (Å²) in [7, 11) is 1.42. The molecule has 1 aromatic carbocycles. The monoisotopic (exact) mass is 310 g/mol. The lowest BCUT2D eigenvalue weighted by atomic mass is 10.1. The number of carbonyl (C=O) groups is 1. The van der Waals surface area contributed by atoms with E-state index >= 15 is 0 Å². The second-order valence-corrected chi connectivity index (χ2v) is 6.40. The maximum Gasteiger partial charge on any atom is 0.309 e. The number of methoxy groups -OCH3 is 1. The van der Waals surface area contributed by atoms with Crippen molar-refractivity contribution in [2.45, 2.75) is 25.7 Å². The minimum Gasteiger partial charge on any atom is -0.469 e. The van der Waals surface area contributed by atoms with Crippen molar-refractivity contribution in [1.82, 2.24) is 0 Å². The van der Waals surface area contributed by atoms with E-state index in [1.165, 1.54) is 7.11 Å². The Morgan fingerprint density at radius 3 is 2.86 bits per heavy atom. The highest BCUT2D eigenvalue weighted by Gasteiger charge is 2.38. The Labute approximate surface area is 130 Å². The summed E-state index contributed by atoms with van der Waals surface area (Å²) in [6.07, 6.45) is 0.0463. The highest BCUT2D eigenvalue weighted by Crippen LogP contribution is 2.34. The lowest BCUT2D eigenvalue weighted by molar-refractivity contribution is -0.159. The Kier molecular flexibility index (Phi) is 5.67. The SMILES string of the molecule is COC(=O)C(C)CSCC1COC(C)(c2ccccc2)O1. The summed E-state index contributed by atoms with van der Waals surface area (Å²) in [6.45, 7) is 4.40. The van der Waals surface area contributed by atoms with Gasteiger partial charge in [-0.15, -0.1) is 0 Å². The van der Waals surface area contributed by atoms with Crippen LogP contribution in [0.25, 0.3) is 0 Å². The fourth-order valence-electron chi connectivity index (χ4n) is 2.26. The Bertz CT molecular complexity index is 465. The zero-order valence-electron chi connectivity index (χ0n) is 12.7. The molecule has 0 aliphatic carbocycles. The molecular weight excluding hydrogens is 288 g/mol. The summed E-state index contributed by atoms with van der Waals surface area (Å²) in [5.74, 6) is 0.613. The molecule has 3 unspecified atom stereocenters. The van der Waals surface area contributed by atoms with Gasteiger partial charge in [0, 0.05) is 17.1 Å². The van der Waals surface area contributed by atoms with Crippen molar-refractivity contribution in [3.63, 3.8) is 0 Å². The molecule has 1 fully saturated rings. The van der Waals surface area contributed by atoms with Gasteiger partial charge in [0.2, 0.25) is 0 Å². The number of ether oxygens (including phenoxy) is 3. The summed E-state index contributed by atoms with van der Waals surface area (Å²) in [6, 6.07) is 9.95. The van der Waals surface area contributed by atoms with Crippen LogP contribution in [0, 0.1) is 5.92 Å². The molecule has 0 spiro atoms. The lowest BCUT2D eigenvalue weighted by Gasteiger charge is -2.23. The van der Waals surface area contributed by atoms with Gasteiger partial charge in [-0.1, -0.05) is 37.3 Å². The maximum absolute atomic E-state index is 11.3. The van der Waals surface area contributed by atoms with Gasteiger partial charge < -0.3 is 14.2 Å². The molecule has 2 rings (SSSR count). The normalized spacial score (nSPS) is 26.5. The Balaban J connectivity index is 1.79. The first-order valence-corrected chi connectivity index (χ1v) is 8.23. The fraction of sp³-hybridized carbons (Fsp3) is 0.562. The molecule has 3 atom stereocenters. The van der Waals surface area contributed by atoms with Gasteiger partial charge in [0.25, 0.3) is 0 Å². The lowest BCUT2D eigenvalue weighted by Crippen LogP contribution is -2.24. The maximum atomic E-state index is 11.3. The molecule has 5 heteroatoms. The molecule has 0 bridgehead atoms. The van der Waals surface area contributed by atoms with Gasteiger partial charge in [-0.2, -0.15) is 11.8 Å². The molecule has 1 heterocycles. The van der Waals surface area contributed by atoms with Crippen LogP contribution in [0.5, 0.6) is 0 Å². The third-order valence-electron chi connectivity index (χ3n) is 3.51. The first-order chi connectivity index (χ1) is 10.0. The van der Waals surface area contributed by atoms with Crippen molar-refractivity contribution >= 4 is 17.7 Å². The minimum absolute atomic E-state index is 0.0463. The second kappa shape index (κ2) is 7.29. The average Bonchev–Trinajstić information content (AvgIpc) is 2.90. The predicted octanol–water partition coefficient (Wildman–Crippen LogP) is 2.82. The minimum atomic E-state index is -0.666. The van der Waals surface area contributed by atoms with Gasteiger partial charge in [0.05, 0.1) is 25.7 Å². The first kappa shape index (κ1) is 16.3. The fourth-order valence-corrected chi connectivity index (χ4v) is 3.31. The van der Waals surface area contributed by atoms with Crippen LogP contribution in [-0.4, -0.2) is 37.3 Å². The van der Waals surface area contributed by atoms with Crippen LogP contribution < -0.4 is 0 Å². The number of carbonyl (C=O) groups excluding carboxylic acids is 1. The number of benzene rings is 1. The van der Waals surface area contributed by atoms with E-state index in [9.17, 15) is 4.79 Å². The molecule has 116 valence electrons. The van der Waals surface area contributed by atoms with E-state index in [4.69, 9.17) is 14.2 Å². The molecule has 0 aromatic heterocycles. The third-order valence-corrected chi connectivity index (χ3v) is 4.85. The molecule has 0 radical (unpaired) electrons. The van der Waals surface area contributed by atoms with E-state index in [0.717, 1.165) is 17.1 Å². The summed E-state index contributed by atoms with van der Waals surface area (Å²) in [4.78, 5) is 11.3. The summed E-state index contributed by atoms with van der Waals surface area (Å²) < 4.78 is 16.6. The van der Waals surface area contributed by atoms with Gasteiger partial charge in [0.1, 0.15) is 0 Å². The summed E-state index contributed by atoms with van der Waals surface area (Å²) in [5, 5.41) is 0. The topological polar surface area (TPSA) is 44.8 Å². The molecule has 21 heavy (non-hydrogen) atoms. The molecule has 1 aromatic rings. The summed E-state index contributed by atoms with van der Waals surface area (Å²) >= 11 is 1.69. The van der Waals surface area contributed by atoms with Crippen LogP contribution >= 0.6 is 11.8 Å². The van der Waals surface area contributed by atoms with Gasteiger partial charge in [-0.3, -0.25) is 4.79 Å². The molecule has 0 N–H and O–H groups in total. The molecule has 0 amide bonds. The van der Waals surface area contributed by atoms with Gasteiger partial charge in [0.15, 0.2) is 5.79 Å². The highest BCUT2D eigenvalue weighted by atomic mass is 32.2. The zero-order valence-corrected chi connectivity index (χ0v) is 13.5. The number of hydrogen-bond donors (Lipinski definition) is 0. The number of esters is 1. The Hall–Kier alpha value is -1.04. The van der Waals surface area contributed by atoms with Crippen molar-refractivity contribution in [2.24, 2.45) is 5.92 Å². The molecule has 1 aliphatic rings. The smallest absolute Gasteiger partial charge is 0.309 e. The third kappa shape index (κ3) is 4.22.